The molecule has 0 unspecified atom stereocenters. The summed E-state index contributed by atoms with van der Waals surface area (Å²) in [5, 5.41) is 3.16. The van der Waals surface area contributed by atoms with Gasteiger partial charge in [0.1, 0.15) is 0 Å². The second-order valence-electron chi connectivity index (χ2n) is 8.57. The van der Waals surface area contributed by atoms with Crippen molar-refractivity contribution in [2.24, 2.45) is 5.92 Å². The van der Waals surface area contributed by atoms with E-state index in [1.165, 1.54) is 36.8 Å². The lowest BCUT2D eigenvalue weighted by atomic mass is 9.96. The molecule has 158 valence electrons. The van der Waals surface area contributed by atoms with Gasteiger partial charge in [-0.1, -0.05) is 41.5 Å². The predicted molar refractivity (Wildman–Crippen MR) is 121 cm³/mol. The molecule has 2 aliphatic rings. The average molecular weight is 405 g/mol. The SMILES string of the molecule is Cc1ccc(-c2cnc(N3CCC[C@@H](C(=O)NCCC4=CCCCC4)C3)nc2)cc1. The van der Waals surface area contributed by atoms with E-state index in [0.29, 0.717) is 6.54 Å². The van der Waals surface area contributed by atoms with Crippen molar-refractivity contribution in [1.82, 2.24) is 15.3 Å². The van der Waals surface area contributed by atoms with Crippen LogP contribution in [0.25, 0.3) is 11.1 Å². The average Bonchev–Trinajstić information content (AvgIpc) is 2.80. The molecule has 5 nitrogen and oxygen atoms in total. The highest BCUT2D eigenvalue weighted by atomic mass is 16.1. The number of piperidine rings is 1. The number of rotatable bonds is 6. The molecule has 4 rings (SSSR count). The first-order valence-electron chi connectivity index (χ1n) is 11.3. The third-order valence-electron chi connectivity index (χ3n) is 6.23. The number of aromatic nitrogens is 2. The monoisotopic (exact) mass is 404 g/mol. The number of benzene rings is 1. The van der Waals surface area contributed by atoms with Gasteiger partial charge in [0.15, 0.2) is 0 Å². The number of hydrogen-bond acceptors (Lipinski definition) is 4. The van der Waals surface area contributed by atoms with Crippen molar-refractivity contribution in [2.75, 3.05) is 24.5 Å². The number of carbonyl (C=O) groups is 1. The Morgan fingerprint density at radius 3 is 2.63 bits per heavy atom. The molecule has 1 saturated heterocycles. The van der Waals surface area contributed by atoms with Gasteiger partial charge in [-0.25, -0.2) is 9.97 Å². The lowest BCUT2D eigenvalue weighted by Crippen LogP contribution is -2.44. The van der Waals surface area contributed by atoms with Gasteiger partial charge in [0, 0.05) is 37.6 Å². The fourth-order valence-corrected chi connectivity index (χ4v) is 4.37. The zero-order valence-electron chi connectivity index (χ0n) is 17.9. The summed E-state index contributed by atoms with van der Waals surface area (Å²) in [5.74, 6) is 0.905. The van der Waals surface area contributed by atoms with Crippen LogP contribution < -0.4 is 10.2 Å². The van der Waals surface area contributed by atoms with Gasteiger partial charge >= 0.3 is 0 Å². The molecule has 30 heavy (non-hydrogen) atoms. The van der Waals surface area contributed by atoms with Gasteiger partial charge in [0.05, 0.1) is 5.92 Å². The summed E-state index contributed by atoms with van der Waals surface area (Å²) in [7, 11) is 0. The first-order valence-corrected chi connectivity index (χ1v) is 11.3. The first kappa shape index (κ1) is 20.6. The van der Waals surface area contributed by atoms with Crippen molar-refractivity contribution in [2.45, 2.75) is 51.9 Å². The number of hydrogen-bond donors (Lipinski definition) is 1. The van der Waals surface area contributed by atoms with Crippen molar-refractivity contribution in [3.63, 3.8) is 0 Å². The van der Waals surface area contributed by atoms with Crippen molar-refractivity contribution in [3.8, 4) is 11.1 Å². The summed E-state index contributed by atoms with van der Waals surface area (Å²) in [5.41, 5.74) is 4.89. The van der Waals surface area contributed by atoms with Crippen LogP contribution in [0.3, 0.4) is 0 Å². The topological polar surface area (TPSA) is 58.1 Å². The summed E-state index contributed by atoms with van der Waals surface area (Å²) in [4.78, 5) is 24.0. The molecule has 0 spiro atoms. The van der Waals surface area contributed by atoms with Gasteiger partial charge < -0.3 is 10.2 Å². The van der Waals surface area contributed by atoms with E-state index in [1.54, 1.807) is 0 Å². The van der Waals surface area contributed by atoms with Crippen LogP contribution in [-0.4, -0.2) is 35.5 Å². The van der Waals surface area contributed by atoms with E-state index >= 15 is 0 Å². The van der Waals surface area contributed by atoms with Gasteiger partial charge in [0.25, 0.3) is 0 Å². The van der Waals surface area contributed by atoms with Crippen molar-refractivity contribution < 1.29 is 4.79 Å². The molecule has 1 amide bonds. The number of nitrogens with one attached hydrogen (secondary N) is 1. The van der Waals surface area contributed by atoms with Crippen LogP contribution in [0.4, 0.5) is 5.95 Å². The largest absolute Gasteiger partial charge is 0.355 e. The van der Waals surface area contributed by atoms with Crippen molar-refractivity contribution >= 4 is 11.9 Å². The minimum absolute atomic E-state index is 0.0134. The van der Waals surface area contributed by atoms with E-state index in [2.05, 4.69) is 57.4 Å². The van der Waals surface area contributed by atoms with Crippen LogP contribution in [0.5, 0.6) is 0 Å². The Morgan fingerprint density at radius 2 is 1.90 bits per heavy atom. The molecule has 2 aromatic rings. The van der Waals surface area contributed by atoms with Crippen LogP contribution in [0.15, 0.2) is 48.3 Å². The molecule has 1 aliphatic heterocycles. The Morgan fingerprint density at radius 1 is 1.10 bits per heavy atom. The Bertz CT molecular complexity index is 873. The highest BCUT2D eigenvalue weighted by Crippen LogP contribution is 2.24. The summed E-state index contributed by atoms with van der Waals surface area (Å²) in [6.45, 7) is 4.43. The van der Waals surface area contributed by atoms with Crippen LogP contribution in [0.1, 0.15) is 50.5 Å². The Kier molecular flexibility index (Phi) is 6.77. The Balaban J connectivity index is 1.31. The van der Waals surface area contributed by atoms with Gasteiger partial charge in [-0.3, -0.25) is 4.79 Å². The molecule has 1 aromatic carbocycles. The molecule has 0 saturated carbocycles. The quantitative estimate of drug-likeness (QED) is 0.711. The zero-order valence-corrected chi connectivity index (χ0v) is 17.9. The van der Waals surface area contributed by atoms with E-state index in [1.807, 2.05) is 12.4 Å². The molecular weight excluding hydrogens is 372 g/mol. The Hall–Kier alpha value is -2.69. The third kappa shape index (κ3) is 5.26. The molecule has 0 bridgehead atoms. The lowest BCUT2D eigenvalue weighted by molar-refractivity contribution is -0.125. The van der Waals surface area contributed by atoms with Crippen LogP contribution in [-0.2, 0) is 4.79 Å². The molecule has 1 fully saturated rings. The van der Waals surface area contributed by atoms with Crippen molar-refractivity contribution in [3.05, 3.63) is 53.9 Å². The molecule has 0 radical (unpaired) electrons. The summed E-state index contributed by atoms with van der Waals surface area (Å²) in [6, 6.07) is 8.39. The van der Waals surface area contributed by atoms with Gasteiger partial charge in [-0.2, -0.15) is 0 Å². The zero-order chi connectivity index (χ0) is 20.8. The predicted octanol–water partition coefficient (Wildman–Crippen LogP) is 4.68. The summed E-state index contributed by atoms with van der Waals surface area (Å²) >= 11 is 0. The number of allylic oxidation sites excluding steroid dienone is 1. The van der Waals surface area contributed by atoms with E-state index in [9.17, 15) is 4.79 Å². The second-order valence-corrected chi connectivity index (χ2v) is 8.57. The lowest BCUT2D eigenvalue weighted by Gasteiger charge is -2.32. The molecule has 1 aliphatic carbocycles. The fourth-order valence-electron chi connectivity index (χ4n) is 4.37. The van der Waals surface area contributed by atoms with Gasteiger partial charge in [0.2, 0.25) is 11.9 Å². The highest BCUT2D eigenvalue weighted by Gasteiger charge is 2.27. The molecule has 5 heteroatoms. The minimum atomic E-state index is 0.0134. The van der Waals surface area contributed by atoms with Gasteiger partial charge in [-0.15, -0.1) is 0 Å². The standard InChI is InChI=1S/C25H32N4O/c1-19-9-11-21(12-10-19)23-16-27-25(28-17-23)29-15-5-8-22(18-29)24(30)26-14-13-20-6-3-2-4-7-20/h6,9-12,16-17,22H,2-5,7-8,13-15,18H2,1H3,(H,26,30)/t22-/m1/s1. The van der Waals surface area contributed by atoms with Crippen LogP contribution in [0.2, 0.25) is 0 Å². The van der Waals surface area contributed by atoms with Crippen LogP contribution in [0, 0.1) is 12.8 Å². The number of amides is 1. The third-order valence-corrected chi connectivity index (χ3v) is 6.23. The first-order chi connectivity index (χ1) is 14.7. The normalized spacial score (nSPS) is 19.3. The fraction of sp³-hybridized carbons (Fsp3) is 0.480. The second kappa shape index (κ2) is 9.88. The molecular formula is C25H32N4O. The van der Waals surface area contributed by atoms with E-state index in [0.717, 1.165) is 49.4 Å². The number of carbonyl (C=O) groups excluding carboxylic acids is 1. The Labute approximate surface area is 179 Å². The number of nitrogens with zero attached hydrogens (tertiary/aromatic N) is 3. The molecule has 2 heterocycles. The summed E-state index contributed by atoms with van der Waals surface area (Å²) < 4.78 is 0. The minimum Gasteiger partial charge on any atom is -0.355 e. The molecule has 1 atom stereocenters. The van der Waals surface area contributed by atoms with Crippen molar-refractivity contribution in [1.29, 1.82) is 0 Å². The molecule has 1 N–H and O–H groups in total. The van der Waals surface area contributed by atoms with E-state index in [-0.39, 0.29) is 11.8 Å². The maximum Gasteiger partial charge on any atom is 0.225 e. The van der Waals surface area contributed by atoms with Crippen LogP contribution >= 0.6 is 0 Å². The maximum absolute atomic E-state index is 12.7. The van der Waals surface area contributed by atoms with Gasteiger partial charge in [-0.05, 0) is 57.4 Å². The maximum atomic E-state index is 12.7. The number of aryl methyl sites for hydroxylation is 1. The summed E-state index contributed by atoms with van der Waals surface area (Å²) in [6.07, 6.45) is 14.0. The molecule has 1 aromatic heterocycles. The smallest absolute Gasteiger partial charge is 0.225 e. The number of anilines is 1. The highest BCUT2D eigenvalue weighted by molar-refractivity contribution is 5.79. The van der Waals surface area contributed by atoms with E-state index in [4.69, 9.17) is 0 Å². The van der Waals surface area contributed by atoms with E-state index < -0.39 is 0 Å².